The molecular formula is C17H26N4O3S2. The molecule has 7 nitrogen and oxygen atoms in total. The number of thioether (sulfide) groups is 1. The first-order valence-corrected chi connectivity index (χ1v) is 11.4. The van der Waals surface area contributed by atoms with Crippen molar-refractivity contribution in [3.63, 3.8) is 0 Å². The molecule has 0 unspecified atom stereocenters. The monoisotopic (exact) mass is 398 g/mol. The average Bonchev–Trinajstić information content (AvgIpc) is 3.26. The number of imidazole rings is 1. The second kappa shape index (κ2) is 8.16. The minimum Gasteiger partial charge on any atom is -0.468 e. The van der Waals surface area contributed by atoms with Gasteiger partial charge in [0.2, 0.25) is 0 Å². The van der Waals surface area contributed by atoms with Crippen molar-refractivity contribution in [3.05, 3.63) is 36.2 Å². The van der Waals surface area contributed by atoms with Crippen molar-refractivity contribution in [3.8, 4) is 0 Å². The lowest BCUT2D eigenvalue weighted by atomic mass is 10.2. The van der Waals surface area contributed by atoms with Crippen molar-refractivity contribution >= 4 is 21.8 Å². The van der Waals surface area contributed by atoms with Crippen LogP contribution in [-0.4, -0.2) is 54.0 Å². The van der Waals surface area contributed by atoms with Gasteiger partial charge in [-0.1, -0.05) is 13.8 Å². The van der Waals surface area contributed by atoms with Crippen LogP contribution in [0, 0.1) is 0 Å². The fraction of sp³-hybridized carbons (Fsp3) is 0.588. The van der Waals surface area contributed by atoms with Gasteiger partial charge in [0.25, 0.3) is 10.0 Å². The van der Waals surface area contributed by atoms with E-state index in [1.54, 1.807) is 17.0 Å². The summed E-state index contributed by atoms with van der Waals surface area (Å²) >= 11 is 1.92. The Morgan fingerprint density at radius 2 is 2.08 bits per heavy atom. The predicted octanol–water partition coefficient (Wildman–Crippen LogP) is 2.20. The van der Waals surface area contributed by atoms with Crippen LogP contribution in [0.2, 0.25) is 0 Å². The van der Waals surface area contributed by atoms with Crippen molar-refractivity contribution in [2.24, 2.45) is 7.05 Å². The number of nitrogens with zero attached hydrogens (tertiary/aromatic N) is 3. The molecule has 1 N–H and O–H groups in total. The van der Waals surface area contributed by atoms with Gasteiger partial charge < -0.3 is 8.98 Å². The summed E-state index contributed by atoms with van der Waals surface area (Å²) in [5.74, 6) is 3.78. The van der Waals surface area contributed by atoms with Crippen molar-refractivity contribution in [1.82, 2.24) is 19.2 Å². The second-order valence-electron chi connectivity index (χ2n) is 6.73. The van der Waals surface area contributed by atoms with Gasteiger partial charge in [-0.3, -0.25) is 4.90 Å². The number of aryl methyl sites for hydroxylation is 1. The Hall–Kier alpha value is -1.29. The zero-order valence-corrected chi connectivity index (χ0v) is 17.0. The predicted molar refractivity (Wildman–Crippen MR) is 103 cm³/mol. The number of hydrogen-bond donors (Lipinski definition) is 1. The van der Waals surface area contributed by atoms with E-state index < -0.39 is 10.0 Å². The van der Waals surface area contributed by atoms with E-state index in [9.17, 15) is 8.42 Å². The van der Waals surface area contributed by atoms with Crippen molar-refractivity contribution in [2.75, 3.05) is 31.1 Å². The molecule has 1 saturated heterocycles. The highest BCUT2D eigenvalue weighted by Crippen LogP contribution is 2.25. The third kappa shape index (κ3) is 4.33. The third-order valence-electron chi connectivity index (χ3n) is 4.51. The van der Waals surface area contributed by atoms with E-state index in [-0.39, 0.29) is 23.5 Å². The van der Waals surface area contributed by atoms with Gasteiger partial charge in [0, 0.05) is 50.3 Å². The van der Waals surface area contributed by atoms with Crippen LogP contribution in [0.3, 0.4) is 0 Å². The van der Waals surface area contributed by atoms with Crippen LogP contribution in [0.15, 0.2) is 34.0 Å². The highest BCUT2D eigenvalue weighted by atomic mass is 32.2. The molecule has 9 heteroatoms. The summed E-state index contributed by atoms with van der Waals surface area (Å²) in [6, 6.07) is 3.62. The molecule has 0 aliphatic carbocycles. The van der Waals surface area contributed by atoms with E-state index in [0.29, 0.717) is 0 Å². The van der Waals surface area contributed by atoms with Gasteiger partial charge in [0.1, 0.15) is 11.6 Å². The van der Waals surface area contributed by atoms with Gasteiger partial charge in [-0.05, 0) is 12.1 Å². The Morgan fingerprint density at radius 1 is 1.35 bits per heavy atom. The van der Waals surface area contributed by atoms with Gasteiger partial charge >= 0.3 is 0 Å². The largest absolute Gasteiger partial charge is 0.468 e. The number of sulfonamides is 1. The summed E-state index contributed by atoms with van der Waals surface area (Å²) in [7, 11) is -1.86. The van der Waals surface area contributed by atoms with Crippen molar-refractivity contribution < 1.29 is 12.8 Å². The van der Waals surface area contributed by atoms with Crippen molar-refractivity contribution in [2.45, 2.75) is 30.8 Å². The lowest BCUT2D eigenvalue weighted by molar-refractivity contribution is 0.193. The topological polar surface area (TPSA) is 80.4 Å². The molecule has 26 heavy (non-hydrogen) atoms. The van der Waals surface area contributed by atoms with Crippen LogP contribution in [0.25, 0.3) is 0 Å². The number of aromatic nitrogens is 2. The zero-order valence-electron chi connectivity index (χ0n) is 15.4. The first kappa shape index (κ1) is 19.5. The van der Waals surface area contributed by atoms with E-state index in [2.05, 4.69) is 14.6 Å². The summed E-state index contributed by atoms with van der Waals surface area (Å²) in [5.41, 5.74) is 0. The fourth-order valence-electron chi connectivity index (χ4n) is 3.16. The molecule has 3 heterocycles. The SMILES string of the molecule is CC(C)c1nc(S(=O)(=O)NC[C@H](c2ccco2)N2CCSCC2)cn1C. The molecule has 1 fully saturated rings. The molecule has 2 aromatic heterocycles. The van der Waals surface area contributed by atoms with E-state index >= 15 is 0 Å². The number of furan rings is 1. The molecule has 1 aliphatic heterocycles. The van der Waals surface area contributed by atoms with Crippen LogP contribution in [0.4, 0.5) is 0 Å². The molecule has 3 rings (SSSR count). The van der Waals surface area contributed by atoms with Gasteiger partial charge in [-0.15, -0.1) is 0 Å². The smallest absolute Gasteiger partial charge is 0.259 e. The highest BCUT2D eigenvalue weighted by Gasteiger charge is 2.28. The van der Waals surface area contributed by atoms with Gasteiger partial charge in [0.15, 0.2) is 5.03 Å². The molecule has 0 spiro atoms. The van der Waals surface area contributed by atoms with Crippen LogP contribution < -0.4 is 4.72 Å². The summed E-state index contributed by atoms with van der Waals surface area (Å²) in [6.07, 6.45) is 3.19. The minimum atomic E-state index is -3.68. The Balaban J connectivity index is 1.76. The Kier molecular flexibility index (Phi) is 6.11. The quantitative estimate of drug-likeness (QED) is 0.770. The minimum absolute atomic E-state index is 0.0658. The molecule has 0 amide bonds. The molecule has 144 valence electrons. The molecule has 1 atom stereocenters. The van der Waals surface area contributed by atoms with Crippen LogP contribution in [0.5, 0.6) is 0 Å². The summed E-state index contributed by atoms with van der Waals surface area (Å²) in [5, 5.41) is 0.0658. The molecule has 1 aliphatic rings. The number of rotatable bonds is 7. The molecular weight excluding hydrogens is 372 g/mol. The Labute approximate surface area is 159 Å². The van der Waals surface area contributed by atoms with Gasteiger partial charge in [0.05, 0.1) is 12.3 Å². The normalized spacial score (nSPS) is 17.7. The van der Waals surface area contributed by atoms with Crippen LogP contribution in [-0.2, 0) is 17.1 Å². The second-order valence-corrected chi connectivity index (χ2v) is 9.67. The zero-order chi connectivity index (χ0) is 18.7. The summed E-state index contributed by atoms with van der Waals surface area (Å²) in [4.78, 5) is 6.58. The first-order valence-electron chi connectivity index (χ1n) is 8.76. The maximum absolute atomic E-state index is 12.7. The van der Waals surface area contributed by atoms with Gasteiger partial charge in [-0.2, -0.15) is 11.8 Å². The molecule has 2 aromatic rings. The maximum Gasteiger partial charge on any atom is 0.259 e. The maximum atomic E-state index is 12.7. The lowest BCUT2D eigenvalue weighted by Gasteiger charge is -2.33. The van der Waals surface area contributed by atoms with E-state index in [1.165, 1.54) is 0 Å². The standard InChI is InChI=1S/C17H26N4O3S2/c1-13(2)17-19-16(12-20(17)3)26(22,23)18-11-14(15-5-4-8-24-15)21-6-9-25-10-7-21/h4-5,8,12-14,18H,6-7,9-11H2,1-3H3/t14-/m1/s1. The van der Waals surface area contributed by atoms with E-state index in [0.717, 1.165) is 36.2 Å². The Morgan fingerprint density at radius 3 is 2.65 bits per heavy atom. The van der Waals surface area contributed by atoms with Gasteiger partial charge in [-0.25, -0.2) is 18.1 Å². The average molecular weight is 399 g/mol. The summed E-state index contributed by atoms with van der Waals surface area (Å²) < 4.78 is 35.5. The molecule has 0 radical (unpaired) electrons. The summed E-state index contributed by atoms with van der Waals surface area (Å²) in [6.45, 7) is 6.08. The number of nitrogens with one attached hydrogen (secondary N) is 1. The lowest BCUT2D eigenvalue weighted by Crippen LogP contribution is -2.42. The van der Waals surface area contributed by atoms with E-state index in [1.807, 2.05) is 44.8 Å². The fourth-order valence-corrected chi connectivity index (χ4v) is 5.13. The Bertz CT molecular complexity index is 809. The van der Waals surface area contributed by atoms with Crippen LogP contribution >= 0.6 is 11.8 Å². The van der Waals surface area contributed by atoms with Crippen LogP contribution in [0.1, 0.15) is 37.4 Å². The molecule has 0 saturated carbocycles. The molecule has 0 bridgehead atoms. The molecule has 0 aromatic carbocycles. The third-order valence-corrected chi connectivity index (χ3v) is 6.74. The van der Waals surface area contributed by atoms with Crippen molar-refractivity contribution in [1.29, 1.82) is 0 Å². The first-order chi connectivity index (χ1) is 12.4. The number of hydrogen-bond acceptors (Lipinski definition) is 6. The highest BCUT2D eigenvalue weighted by molar-refractivity contribution is 7.99. The van der Waals surface area contributed by atoms with E-state index in [4.69, 9.17) is 4.42 Å².